The van der Waals surface area contributed by atoms with Gasteiger partial charge in [-0.25, -0.2) is 14.8 Å². The van der Waals surface area contributed by atoms with E-state index in [-0.39, 0.29) is 6.61 Å². The standard InChI is InChI=1S/C15H16N4O3/c1-8-5-9(2)19-6-12(17-15(19)16-8)7-21-14(20)13-10(3)18-22-11(13)4/h5-6H,7H2,1-4H3. The van der Waals surface area contributed by atoms with Crippen molar-refractivity contribution in [2.24, 2.45) is 0 Å². The Balaban J connectivity index is 1.80. The maximum atomic E-state index is 12.1. The molecule has 0 fully saturated rings. The van der Waals surface area contributed by atoms with E-state index in [9.17, 15) is 4.79 Å². The van der Waals surface area contributed by atoms with E-state index >= 15 is 0 Å². The lowest BCUT2D eigenvalue weighted by molar-refractivity contribution is 0.0465. The molecule has 7 nitrogen and oxygen atoms in total. The lowest BCUT2D eigenvalue weighted by atomic mass is 10.2. The van der Waals surface area contributed by atoms with Crippen LogP contribution in [0.3, 0.4) is 0 Å². The fourth-order valence-corrected chi connectivity index (χ4v) is 2.37. The highest BCUT2D eigenvalue weighted by Crippen LogP contribution is 2.15. The van der Waals surface area contributed by atoms with Crippen LogP contribution in [-0.4, -0.2) is 25.5 Å². The molecule has 3 aromatic heterocycles. The van der Waals surface area contributed by atoms with Crippen LogP contribution in [0.25, 0.3) is 5.78 Å². The Hall–Kier alpha value is -2.70. The molecule has 0 unspecified atom stereocenters. The molecule has 22 heavy (non-hydrogen) atoms. The van der Waals surface area contributed by atoms with Crippen molar-refractivity contribution < 1.29 is 14.1 Å². The van der Waals surface area contributed by atoms with Gasteiger partial charge in [-0.1, -0.05) is 5.16 Å². The van der Waals surface area contributed by atoms with Crippen LogP contribution in [0, 0.1) is 27.7 Å². The fraction of sp³-hybridized carbons (Fsp3) is 0.333. The predicted molar refractivity (Wildman–Crippen MR) is 77.6 cm³/mol. The van der Waals surface area contributed by atoms with E-state index in [1.165, 1.54) is 0 Å². The van der Waals surface area contributed by atoms with Gasteiger partial charge in [0.25, 0.3) is 0 Å². The van der Waals surface area contributed by atoms with Crippen LogP contribution < -0.4 is 0 Å². The number of ether oxygens (including phenoxy) is 1. The van der Waals surface area contributed by atoms with Crippen molar-refractivity contribution in [2.45, 2.75) is 34.3 Å². The molecule has 0 radical (unpaired) electrons. The molecule has 0 spiro atoms. The van der Waals surface area contributed by atoms with E-state index in [2.05, 4.69) is 15.1 Å². The first-order chi connectivity index (χ1) is 10.5. The average molecular weight is 300 g/mol. The van der Waals surface area contributed by atoms with E-state index in [0.29, 0.717) is 28.5 Å². The van der Waals surface area contributed by atoms with Crippen LogP contribution in [0.2, 0.25) is 0 Å². The molecule has 0 aliphatic rings. The molecule has 0 aromatic carbocycles. The largest absolute Gasteiger partial charge is 0.455 e. The SMILES string of the molecule is Cc1cc(C)n2cc(COC(=O)c3c(C)noc3C)nc2n1. The zero-order valence-electron chi connectivity index (χ0n) is 12.9. The van der Waals surface area contributed by atoms with Gasteiger partial charge in [-0.15, -0.1) is 0 Å². The van der Waals surface area contributed by atoms with E-state index in [1.807, 2.05) is 30.5 Å². The molecule has 0 N–H and O–H groups in total. The van der Waals surface area contributed by atoms with Crippen molar-refractivity contribution in [3.63, 3.8) is 0 Å². The van der Waals surface area contributed by atoms with Gasteiger partial charge >= 0.3 is 5.97 Å². The minimum Gasteiger partial charge on any atom is -0.455 e. The quantitative estimate of drug-likeness (QED) is 0.690. The van der Waals surface area contributed by atoms with Gasteiger partial charge in [-0.05, 0) is 33.8 Å². The number of carbonyl (C=O) groups excluding carboxylic acids is 1. The maximum absolute atomic E-state index is 12.1. The Labute approximate surface area is 126 Å². The second-order valence-electron chi connectivity index (χ2n) is 5.22. The van der Waals surface area contributed by atoms with E-state index in [4.69, 9.17) is 9.26 Å². The monoisotopic (exact) mass is 300 g/mol. The van der Waals surface area contributed by atoms with Gasteiger partial charge in [-0.2, -0.15) is 0 Å². The Morgan fingerprint density at radius 2 is 2.05 bits per heavy atom. The molecule has 114 valence electrons. The molecule has 0 saturated heterocycles. The maximum Gasteiger partial charge on any atom is 0.344 e. The molecular formula is C15H16N4O3. The van der Waals surface area contributed by atoms with Crippen LogP contribution in [0.1, 0.15) is 38.9 Å². The van der Waals surface area contributed by atoms with E-state index in [1.54, 1.807) is 13.8 Å². The number of esters is 1. The first-order valence-electron chi connectivity index (χ1n) is 6.88. The highest BCUT2D eigenvalue weighted by atomic mass is 16.5. The van der Waals surface area contributed by atoms with Crippen molar-refractivity contribution in [1.82, 2.24) is 19.5 Å². The smallest absolute Gasteiger partial charge is 0.344 e. The van der Waals surface area contributed by atoms with Crippen molar-refractivity contribution in [3.8, 4) is 0 Å². The van der Waals surface area contributed by atoms with Gasteiger partial charge < -0.3 is 9.26 Å². The van der Waals surface area contributed by atoms with Crippen LogP contribution in [0.5, 0.6) is 0 Å². The molecule has 0 bridgehead atoms. The van der Waals surface area contributed by atoms with Crippen LogP contribution in [0.15, 0.2) is 16.8 Å². The number of hydrogen-bond donors (Lipinski definition) is 0. The van der Waals surface area contributed by atoms with Crippen molar-refractivity contribution in [1.29, 1.82) is 0 Å². The van der Waals surface area contributed by atoms with Crippen LogP contribution >= 0.6 is 0 Å². The van der Waals surface area contributed by atoms with Crippen molar-refractivity contribution >= 4 is 11.7 Å². The number of aryl methyl sites for hydroxylation is 4. The third-order valence-corrected chi connectivity index (χ3v) is 3.40. The summed E-state index contributed by atoms with van der Waals surface area (Å²) in [6, 6.07) is 1.97. The highest BCUT2D eigenvalue weighted by Gasteiger charge is 2.19. The number of fused-ring (bicyclic) bond motifs is 1. The van der Waals surface area contributed by atoms with E-state index < -0.39 is 5.97 Å². The normalized spacial score (nSPS) is 11.1. The second-order valence-corrected chi connectivity index (χ2v) is 5.22. The summed E-state index contributed by atoms with van der Waals surface area (Å²) in [6.07, 6.45) is 1.82. The first-order valence-corrected chi connectivity index (χ1v) is 6.88. The summed E-state index contributed by atoms with van der Waals surface area (Å²) in [5.41, 5.74) is 3.45. The summed E-state index contributed by atoms with van der Waals surface area (Å²) >= 11 is 0. The number of nitrogens with zero attached hydrogens (tertiary/aromatic N) is 4. The van der Waals surface area contributed by atoms with Gasteiger partial charge in [0.15, 0.2) is 0 Å². The van der Waals surface area contributed by atoms with Crippen LogP contribution in [0.4, 0.5) is 0 Å². The average Bonchev–Trinajstić information content (AvgIpc) is 3.00. The van der Waals surface area contributed by atoms with Gasteiger partial charge in [-0.3, -0.25) is 4.40 Å². The molecule has 0 aliphatic heterocycles. The van der Waals surface area contributed by atoms with Gasteiger partial charge in [0.1, 0.15) is 17.9 Å². The number of aromatic nitrogens is 4. The Kier molecular flexibility index (Phi) is 3.40. The van der Waals surface area contributed by atoms with E-state index in [0.717, 1.165) is 11.4 Å². The van der Waals surface area contributed by atoms with Crippen molar-refractivity contribution in [3.05, 3.63) is 46.4 Å². The molecule has 0 atom stereocenters. The zero-order chi connectivity index (χ0) is 15.9. The van der Waals surface area contributed by atoms with Crippen molar-refractivity contribution in [2.75, 3.05) is 0 Å². The molecule has 3 heterocycles. The number of hydrogen-bond acceptors (Lipinski definition) is 6. The minimum atomic E-state index is -0.464. The topological polar surface area (TPSA) is 82.5 Å². The summed E-state index contributed by atoms with van der Waals surface area (Å²) in [5.74, 6) is 0.584. The molecule has 0 aliphatic carbocycles. The first kappa shape index (κ1) is 14.2. The molecule has 7 heteroatoms. The molecule has 0 amide bonds. The minimum absolute atomic E-state index is 0.0741. The molecule has 0 saturated carbocycles. The third kappa shape index (κ3) is 2.45. The third-order valence-electron chi connectivity index (χ3n) is 3.40. The highest BCUT2D eigenvalue weighted by molar-refractivity contribution is 5.91. The summed E-state index contributed by atoms with van der Waals surface area (Å²) in [7, 11) is 0. The fourth-order valence-electron chi connectivity index (χ4n) is 2.37. The molecule has 3 rings (SSSR count). The lowest BCUT2D eigenvalue weighted by Crippen LogP contribution is -2.07. The number of rotatable bonds is 3. The Bertz CT molecular complexity index is 844. The Morgan fingerprint density at radius 1 is 1.27 bits per heavy atom. The van der Waals surface area contributed by atoms with Gasteiger partial charge in [0.2, 0.25) is 5.78 Å². The molecular weight excluding hydrogens is 284 g/mol. The second kappa shape index (κ2) is 5.25. The summed E-state index contributed by atoms with van der Waals surface area (Å²) < 4.78 is 12.1. The Morgan fingerprint density at radius 3 is 2.73 bits per heavy atom. The van der Waals surface area contributed by atoms with Crippen LogP contribution in [-0.2, 0) is 11.3 Å². The lowest BCUT2D eigenvalue weighted by Gasteiger charge is -2.01. The zero-order valence-corrected chi connectivity index (χ0v) is 12.9. The summed E-state index contributed by atoms with van der Waals surface area (Å²) in [5, 5.41) is 3.74. The number of carbonyl (C=O) groups is 1. The summed E-state index contributed by atoms with van der Waals surface area (Å²) in [4.78, 5) is 20.8. The molecule has 3 aromatic rings. The van der Waals surface area contributed by atoms with Gasteiger partial charge in [0, 0.05) is 17.6 Å². The van der Waals surface area contributed by atoms with Gasteiger partial charge in [0.05, 0.1) is 11.4 Å². The predicted octanol–water partition coefficient (Wildman–Crippen LogP) is 2.31. The number of imidazole rings is 1. The summed E-state index contributed by atoms with van der Waals surface area (Å²) in [6.45, 7) is 7.35.